The molecule has 1 aromatic carbocycles. The average molecular weight is 266 g/mol. The number of carbonyl (C=O) groups is 1. The number of esters is 1. The van der Waals surface area contributed by atoms with Crippen molar-refractivity contribution in [3.05, 3.63) is 29.8 Å². The van der Waals surface area contributed by atoms with E-state index < -0.39 is 18.2 Å². The van der Waals surface area contributed by atoms with E-state index in [0.717, 1.165) is 11.3 Å². The van der Waals surface area contributed by atoms with Crippen molar-refractivity contribution < 1.29 is 24.1 Å². The van der Waals surface area contributed by atoms with Crippen molar-refractivity contribution in [3.63, 3.8) is 0 Å². The third kappa shape index (κ3) is 3.45. The first-order valence-electron chi connectivity index (χ1n) is 6.21. The normalized spacial score (nSPS) is 26.8. The molecule has 5 heteroatoms. The van der Waals surface area contributed by atoms with Crippen LogP contribution in [0.4, 0.5) is 0 Å². The molecule has 0 aliphatic carbocycles. The molecule has 104 valence electrons. The topological polar surface area (TPSA) is 65.0 Å². The maximum atomic E-state index is 10.9. The van der Waals surface area contributed by atoms with Crippen LogP contribution in [0.25, 0.3) is 0 Å². The lowest BCUT2D eigenvalue weighted by Crippen LogP contribution is -2.40. The van der Waals surface area contributed by atoms with E-state index >= 15 is 0 Å². The molecule has 1 saturated heterocycles. The number of aliphatic hydroxyl groups is 1. The second-order valence-electron chi connectivity index (χ2n) is 4.55. The molecule has 1 aromatic rings. The smallest absolute Gasteiger partial charge is 0.303 e. The van der Waals surface area contributed by atoms with Gasteiger partial charge in [0.2, 0.25) is 0 Å². The molecule has 19 heavy (non-hydrogen) atoms. The summed E-state index contributed by atoms with van der Waals surface area (Å²) in [4.78, 5) is 10.9. The molecule has 1 aliphatic rings. The van der Waals surface area contributed by atoms with Gasteiger partial charge in [0.05, 0.1) is 25.9 Å². The molecule has 0 bridgehead atoms. The van der Waals surface area contributed by atoms with Crippen molar-refractivity contribution in [2.45, 2.75) is 31.7 Å². The lowest BCUT2D eigenvalue weighted by atomic mass is 9.98. The van der Waals surface area contributed by atoms with Crippen LogP contribution >= 0.6 is 0 Å². The van der Waals surface area contributed by atoms with Crippen LogP contribution < -0.4 is 4.74 Å². The minimum absolute atomic E-state index is 0.187. The second-order valence-corrected chi connectivity index (χ2v) is 4.55. The molecule has 1 aliphatic heterocycles. The largest absolute Gasteiger partial charge is 0.497 e. The van der Waals surface area contributed by atoms with Gasteiger partial charge in [0, 0.05) is 13.3 Å². The minimum atomic E-state index is -0.704. The highest BCUT2D eigenvalue weighted by atomic mass is 16.6. The fraction of sp³-hybridized carbons (Fsp3) is 0.500. The Hall–Kier alpha value is -1.59. The van der Waals surface area contributed by atoms with Crippen molar-refractivity contribution in [2.24, 2.45) is 0 Å². The van der Waals surface area contributed by atoms with Crippen molar-refractivity contribution >= 4 is 5.97 Å². The summed E-state index contributed by atoms with van der Waals surface area (Å²) in [7, 11) is 1.61. The zero-order valence-corrected chi connectivity index (χ0v) is 11.0. The highest BCUT2D eigenvalue weighted by Gasteiger charge is 2.32. The Morgan fingerprint density at radius 2 is 2.05 bits per heavy atom. The van der Waals surface area contributed by atoms with Gasteiger partial charge in [0.15, 0.2) is 6.10 Å². The zero-order valence-electron chi connectivity index (χ0n) is 11.0. The van der Waals surface area contributed by atoms with Gasteiger partial charge in [0.25, 0.3) is 0 Å². The van der Waals surface area contributed by atoms with Gasteiger partial charge in [-0.25, -0.2) is 0 Å². The molecule has 1 heterocycles. The number of benzene rings is 1. The van der Waals surface area contributed by atoms with E-state index in [2.05, 4.69) is 0 Å². The molecule has 0 amide bonds. The molecule has 1 fully saturated rings. The van der Waals surface area contributed by atoms with Gasteiger partial charge in [-0.2, -0.15) is 0 Å². The first-order chi connectivity index (χ1) is 9.10. The zero-order chi connectivity index (χ0) is 13.8. The molecule has 2 rings (SSSR count). The lowest BCUT2D eigenvalue weighted by molar-refractivity contribution is -0.173. The van der Waals surface area contributed by atoms with Gasteiger partial charge < -0.3 is 19.3 Å². The molecule has 0 aromatic heterocycles. The number of hydrogen-bond acceptors (Lipinski definition) is 5. The maximum absolute atomic E-state index is 10.9. The number of carbonyl (C=O) groups excluding carboxylic acids is 1. The van der Waals surface area contributed by atoms with Crippen LogP contribution in [-0.4, -0.2) is 37.0 Å². The first kappa shape index (κ1) is 13.8. The van der Waals surface area contributed by atoms with Gasteiger partial charge in [0.1, 0.15) is 5.75 Å². The van der Waals surface area contributed by atoms with Crippen LogP contribution in [0.2, 0.25) is 0 Å². The monoisotopic (exact) mass is 266 g/mol. The summed E-state index contributed by atoms with van der Waals surface area (Å²) in [5.74, 6) is 0.369. The van der Waals surface area contributed by atoms with Crippen LogP contribution in [0.3, 0.4) is 0 Å². The molecule has 0 saturated carbocycles. The SMILES string of the molecule is COc1ccc([C@H]2C[C@@H](O)[C@H](OC(C)=O)CO2)cc1. The quantitative estimate of drug-likeness (QED) is 0.839. The maximum Gasteiger partial charge on any atom is 0.303 e. The fourth-order valence-corrected chi connectivity index (χ4v) is 2.14. The summed E-state index contributed by atoms with van der Waals surface area (Å²) < 4.78 is 15.7. The third-order valence-corrected chi connectivity index (χ3v) is 3.15. The molecule has 1 N–H and O–H groups in total. The Balaban J connectivity index is 1.98. The number of hydrogen-bond donors (Lipinski definition) is 1. The number of aliphatic hydroxyl groups excluding tert-OH is 1. The number of ether oxygens (including phenoxy) is 3. The number of methoxy groups -OCH3 is 1. The predicted octanol–water partition coefficient (Wildman–Crippen LogP) is 1.45. The van der Waals surface area contributed by atoms with Gasteiger partial charge in [-0.15, -0.1) is 0 Å². The fourth-order valence-electron chi connectivity index (χ4n) is 2.14. The van der Waals surface area contributed by atoms with E-state index in [-0.39, 0.29) is 12.7 Å². The molecule has 0 spiro atoms. The van der Waals surface area contributed by atoms with E-state index in [9.17, 15) is 9.90 Å². The van der Waals surface area contributed by atoms with Gasteiger partial charge in [-0.1, -0.05) is 12.1 Å². The van der Waals surface area contributed by atoms with Crippen LogP contribution in [0.15, 0.2) is 24.3 Å². The van der Waals surface area contributed by atoms with Crippen LogP contribution in [-0.2, 0) is 14.3 Å². The molecule has 3 atom stereocenters. The highest BCUT2D eigenvalue weighted by molar-refractivity contribution is 5.66. The van der Waals surface area contributed by atoms with Crippen molar-refractivity contribution in [3.8, 4) is 5.75 Å². The molecule has 0 radical (unpaired) electrons. The lowest BCUT2D eigenvalue weighted by Gasteiger charge is -2.32. The van der Waals surface area contributed by atoms with E-state index in [0.29, 0.717) is 6.42 Å². The summed E-state index contributed by atoms with van der Waals surface area (Å²) >= 11 is 0. The summed E-state index contributed by atoms with van der Waals surface area (Å²) in [6, 6.07) is 7.51. The van der Waals surface area contributed by atoms with Crippen molar-refractivity contribution in [2.75, 3.05) is 13.7 Å². The van der Waals surface area contributed by atoms with E-state index in [1.165, 1.54) is 6.92 Å². The second kappa shape index (κ2) is 6.04. The van der Waals surface area contributed by atoms with Crippen molar-refractivity contribution in [1.82, 2.24) is 0 Å². The number of rotatable bonds is 3. The molecular weight excluding hydrogens is 248 g/mol. The first-order valence-corrected chi connectivity index (χ1v) is 6.21. The van der Waals surface area contributed by atoms with Gasteiger partial charge in [-0.05, 0) is 17.7 Å². The average Bonchev–Trinajstić information content (AvgIpc) is 2.41. The summed E-state index contributed by atoms with van der Waals surface area (Å²) in [5.41, 5.74) is 0.973. The van der Waals surface area contributed by atoms with Crippen LogP contribution in [0.1, 0.15) is 25.0 Å². The third-order valence-electron chi connectivity index (χ3n) is 3.15. The summed E-state index contributed by atoms with van der Waals surface area (Å²) in [6.45, 7) is 1.53. The van der Waals surface area contributed by atoms with Gasteiger partial charge in [-0.3, -0.25) is 4.79 Å². The van der Waals surface area contributed by atoms with Gasteiger partial charge >= 0.3 is 5.97 Å². The van der Waals surface area contributed by atoms with E-state index in [1.807, 2.05) is 24.3 Å². The predicted molar refractivity (Wildman–Crippen MR) is 67.9 cm³/mol. The minimum Gasteiger partial charge on any atom is -0.497 e. The molecular formula is C14H18O5. The summed E-state index contributed by atoms with van der Waals surface area (Å²) in [6.07, 6.45) is -1.06. The van der Waals surface area contributed by atoms with E-state index in [4.69, 9.17) is 14.2 Å². The Kier molecular flexibility index (Phi) is 4.39. The van der Waals surface area contributed by atoms with Crippen LogP contribution in [0.5, 0.6) is 5.75 Å². The Labute approximate surface area is 112 Å². The van der Waals surface area contributed by atoms with Crippen molar-refractivity contribution in [1.29, 1.82) is 0 Å². The highest BCUT2D eigenvalue weighted by Crippen LogP contribution is 2.30. The Morgan fingerprint density at radius 1 is 1.37 bits per heavy atom. The Bertz CT molecular complexity index is 428. The van der Waals surface area contributed by atoms with E-state index in [1.54, 1.807) is 7.11 Å². The standard InChI is InChI=1S/C14H18O5/c1-9(15)19-14-8-18-13(7-12(14)16)10-3-5-11(17-2)6-4-10/h3-6,12-14,16H,7-8H2,1-2H3/t12-,13-,14-/m1/s1. The Morgan fingerprint density at radius 3 is 2.58 bits per heavy atom. The molecule has 0 unspecified atom stereocenters. The summed E-state index contributed by atoms with van der Waals surface area (Å²) in [5, 5.41) is 9.97. The molecule has 5 nitrogen and oxygen atoms in total. The van der Waals surface area contributed by atoms with Crippen LogP contribution in [0, 0.1) is 0 Å².